The van der Waals surface area contributed by atoms with E-state index in [0.717, 1.165) is 25.3 Å². The molecule has 2 heteroatoms. The third-order valence-corrected chi connectivity index (χ3v) is 3.37. The van der Waals surface area contributed by atoms with Crippen LogP contribution in [0.1, 0.15) is 51.3 Å². The van der Waals surface area contributed by atoms with Crippen molar-refractivity contribution in [3.63, 3.8) is 0 Å². The minimum absolute atomic E-state index is 0.198. The topological polar surface area (TPSA) is 21.3 Å². The monoisotopic (exact) mass is 233 g/mol. The van der Waals surface area contributed by atoms with Crippen LogP contribution in [-0.2, 0) is 5.41 Å². The van der Waals surface area contributed by atoms with Crippen molar-refractivity contribution in [3.8, 4) is 5.75 Å². The summed E-state index contributed by atoms with van der Waals surface area (Å²) < 4.78 is 5.73. The molecule has 0 amide bonds. The minimum Gasteiger partial charge on any atom is -0.493 e. The zero-order valence-corrected chi connectivity index (χ0v) is 11.3. The maximum Gasteiger partial charge on any atom is 0.124 e. The van der Waals surface area contributed by atoms with Gasteiger partial charge in [-0.05, 0) is 29.7 Å². The van der Waals surface area contributed by atoms with Crippen LogP contribution in [0.4, 0.5) is 0 Å². The van der Waals surface area contributed by atoms with Gasteiger partial charge >= 0.3 is 0 Å². The normalized spacial score (nSPS) is 19.6. The zero-order chi connectivity index (χ0) is 12.5. The van der Waals surface area contributed by atoms with Crippen LogP contribution in [0.3, 0.4) is 0 Å². The highest BCUT2D eigenvalue weighted by Gasteiger charge is 2.23. The lowest BCUT2D eigenvalue weighted by Gasteiger charge is -2.29. The molecule has 17 heavy (non-hydrogen) atoms. The molecule has 0 aromatic heterocycles. The van der Waals surface area contributed by atoms with Gasteiger partial charge in [0.2, 0.25) is 0 Å². The van der Waals surface area contributed by atoms with Crippen molar-refractivity contribution in [2.45, 2.75) is 45.6 Å². The molecule has 0 bridgehead atoms. The first kappa shape index (κ1) is 12.4. The van der Waals surface area contributed by atoms with Crippen LogP contribution in [0.5, 0.6) is 5.75 Å². The average molecular weight is 233 g/mol. The molecule has 0 saturated heterocycles. The number of nitrogens with one attached hydrogen (secondary N) is 1. The Morgan fingerprint density at radius 1 is 1.35 bits per heavy atom. The van der Waals surface area contributed by atoms with E-state index in [9.17, 15) is 0 Å². The van der Waals surface area contributed by atoms with Crippen LogP contribution in [0, 0.1) is 0 Å². The van der Waals surface area contributed by atoms with Gasteiger partial charge < -0.3 is 10.1 Å². The molecule has 0 aliphatic carbocycles. The lowest BCUT2D eigenvalue weighted by atomic mass is 9.84. The predicted molar refractivity (Wildman–Crippen MR) is 71.7 cm³/mol. The number of hydrogen-bond donors (Lipinski definition) is 1. The average Bonchev–Trinajstić information content (AvgIpc) is 2.28. The molecular formula is C15H23NO. The molecule has 1 aliphatic rings. The van der Waals surface area contributed by atoms with Crippen molar-refractivity contribution in [2.75, 3.05) is 13.2 Å². The van der Waals surface area contributed by atoms with E-state index >= 15 is 0 Å². The number of benzene rings is 1. The molecule has 1 atom stereocenters. The van der Waals surface area contributed by atoms with E-state index in [1.165, 1.54) is 11.1 Å². The molecule has 1 aliphatic heterocycles. The Morgan fingerprint density at radius 2 is 2.12 bits per heavy atom. The third-order valence-electron chi connectivity index (χ3n) is 3.37. The first-order chi connectivity index (χ1) is 8.02. The summed E-state index contributed by atoms with van der Waals surface area (Å²) in [5, 5.41) is 3.54. The van der Waals surface area contributed by atoms with Gasteiger partial charge in [-0.2, -0.15) is 0 Å². The van der Waals surface area contributed by atoms with Crippen molar-refractivity contribution in [3.05, 3.63) is 29.3 Å². The fourth-order valence-electron chi connectivity index (χ4n) is 2.32. The molecule has 1 aromatic rings. The molecular weight excluding hydrogens is 210 g/mol. The molecule has 1 unspecified atom stereocenters. The second-order valence-corrected chi connectivity index (χ2v) is 5.75. The van der Waals surface area contributed by atoms with Gasteiger partial charge in [0.05, 0.1) is 6.61 Å². The summed E-state index contributed by atoms with van der Waals surface area (Å²) >= 11 is 0. The zero-order valence-electron chi connectivity index (χ0n) is 11.3. The molecule has 1 heterocycles. The lowest BCUT2D eigenvalue weighted by molar-refractivity contribution is 0.254. The van der Waals surface area contributed by atoms with Crippen molar-refractivity contribution in [2.24, 2.45) is 0 Å². The fourth-order valence-corrected chi connectivity index (χ4v) is 2.32. The van der Waals surface area contributed by atoms with E-state index in [1.807, 2.05) is 0 Å². The Kier molecular flexibility index (Phi) is 3.43. The highest BCUT2D eigenvalue weighted by atomic mass is 16.5. The molecule has 0 radical (unpaired) electrons. The van der Waals surface area contributed by atoms with E-state index in [0.29, 0.717) is 6.04 Å². The van der Waals surface area contributed by atoms with Gasteiger partial charge in [-0.25, -0.2) is 0 Å². The molecule has 94 valence electrons. The SMILES string of the molecule is CCNC1CCOc2ccc(C(C)(C)C)cc21. The van der Waals surface area contributed by atoms with Gasteiger partial charge in [-0.1, -0.05) is 33.8 Å². The van der Waals surface area contributed by atoms with Gasteiger partial charge in [0.1, 0.15) is 5.75 Å². The maximum absolute atomic E-state index is 5.73. The van der Waals surface area contributed by atoms with E-state index in [4.69, 9.17) is 4.74 Å². The smallest absolute Gasteiger partial charge is 0.124 e. The van der Waals surface area contributed by atoms with Crippen LogP contribution in [0.15, 0.2) is 18.2 Å². The highest BCUT2D eigenvalue weighted by molar-refractivity contribution is 5.42. The standard InChI is InChI=1S/C15H23NO/c1-5-16-13-8-9-17-14-7-6-11(10-12(13)14)15(2,3)4/h6-7,10,13,16H,5,8-9H2,1-4H3. The quantitative estimate of drug-likeness (QED) is 0.845. The second-order valence-electron chi connectivity index (χ2n) is 5.75. The summed E-state index contributed by atoms with van der Waals surface area (Å²) in [5.74, 6) is 1.05. The van der Waals surface area contributed by atoms with E-state index in [1.54, 1.807) is 0 Å². The lowest BCUT2D eigenvalue weighted by Crippen LogP contribution is -2.27. The van der Waals surface area contributed by atoms with Gasteiger partial charge in [0, 0.05) is 18.0 Å². The van der Waals surface area contributed by atoms with E-state index in [2.05, 4.69) is 51.2 Å². The van der Waals surface area contributed by atoms with Crippen molar-refractivity contribution in [1.29, 1.82) is 0 Å². The van der Waals surface area contributed by atoms with Crippen molar-refractivity contribution in [1.82, 2.24) is 5.32 Å². The number of fused-ring (bicyclic) bond motifs is 1. The number of ether oxygens (including phenoxy) is 1. The summed E-state index contributed by atoms with van der Waals surface area (Å²) in [5.41, 5.74) is 2.90. The van der Waals surface area contributed by atoms with Crippen LogP contribution in [0.25, 0.3) is 0 Å². The second kappa shape index (κ2) is 4.69. The first-order valence-corrected chi connectivity index (χ1v) is 6.53. The molecule has 2 nitrogen and oxygen atoms in total. The van der Waals surface area contributed by atoms with E-state index in [-0.39, 0.29) is 5.41 Å². The van der Waals surface area contributed by atoms with Crippen LogP contribution in [-0.4, -0.2) is 13.2 Å². The Bertz CT molecular complexity index is 392. The van der Waals surface area contributed by atoms with Gasteiger partial charge in [-0.15, -0.1) is 0 Å². The summed E-state index contributed by atoms with van der Waals surface area (Å²) in [6, 6.07) is 7.07. The van der Waals surface area contributed by atoms with Gasteiger partial charge in [0.25, 0.3) is 0 Å². The van der Waals surface area contributed by atoms with Gasteiger partial charge in [-0.3, -0.25) is 0 Å². The van der Waals surface area contributed by atoms with Crippen LogP contribution in [0.2, 0.25) is 0 Å². The summed E-state index contributed by atoms with van der Waals surface area (Å²) in [7, 11) is 0. The number of hydrogen-bond acceptors (Lipinski definition) is 2. The molecule has 0 fully saturated rings. The maximum atomic E-state index is 5.73. The highest BCUT2D eigenvalue weighted by Crippen LogP contribution is 2.35. The summed E-state index contributed by atoms with van der Waals surface area (Å²) in [6.07, 6.45) is 1.06. The fraction of sp³-hybridized carbons (Fsp3) is 0.600. The van der Waals surface area contributed by atoms with Crippen molar-refractivity contribution < 1.29 is 4.74 Å². The van der Waals surface area contributed by atoms with Crippen LogP contribution >= 0.6 is 0 Å². The van der Waals surface area contributed by atoms with Crippen LogP contribution < -0.4 is 10.1 Å². The Labute approximate surface area is 104 Å². The third kappa shape index (κ3) is 2.63. The summed E-state index contributed by atoms with van der Waals surface area (Å²) in [6.45, 7) is 10.7. The van der Waals surface area contributed by atoms with Gasteiger partial charge in [0.15, 0.2) is 0 Å². The Hall–Kier alpha value is -1.02. The minimum atomic E-state index is 0.198. The van der Waals surface area contributed by atoms with Crippen molar-refractivity contribution >= 4 is 0 Å². The Balaban J connectivity index is 2.37. The van der Waals surface area contributed by atoms with E-state index < -0.39 is 0 Å². The largest absolute Gasteiger partial charge is 0.493 e. The molecule has 2 rings (SSSR count). The molecule has 0 saturated carbocycles. The number of rotatable bonds is 2. The molecule has 1 N–H and O–H groups in total. The first-order valence-electron chi connectivity index (χ1n) is 6.53. The predicted octanol–water partition coefficient (Wildman–Crippen LogP) is 3.42. The summed E-state index contributed by atoms with van der Waals surface area (Å²) in [4.78, 5) is 0. The molecule has 1 aromatic carbocycles. The Morgan fingerprint density at radius 3 is 2.76 bits per heavy atom. The molecule has 0 spiro atoms.